The molecule has 1 fully saturated rings. The SMILES string of the molecule is COC(C)CCNC(=O)N(CC=Cc1ccccc1)C1CC1. The van der Waals surface area contributed by atoms with Crippen molar-refractivity contribution in [3.63, 3.8) is 0 Å². The van der Waals surface area contributed by atoms with Gasteiger partial charge < -0.3 is 15.0 Å². The van der Waals surface area contributed by atoms with E-state index in [-0.39, 0.29) is 12.1 Å². The second kappa shape index (κ2) is 8.59. The Hall–Kier alpha value is -1.81. The van der Waals surface area contributed by atoms with Crippen molar-refractivity contribution >= 4 is 12.1 Å². The van der Waals surface area contributed by atoms with Crippen LogP contribution in [0.25, 0.3) is 6.08 Å². The molecule has 1 atom stereocenters. The zero-order valence-corrected chi connectivity index (χ0v) is 13.5. The van der Waals surface area contributed by atoms with Crippen LogP contribution in [0, 0.1) is 0 Å². The van der Waals surface area contributed by atoms with E-state index in [1.807, 2.05) is 30.0 Å². The number of ether oxygens (including phenoxy) is 1. The van der Waals surface area contributed by atoms with Crippen LogP contribution in [0.2, 0.25) is 0 Å². The van der Waals surface area contributed by atoms with Crippen LogP contribution in [0.15, 0.2) is 36.4 Å². The molecule has 0 spiro atoms. The predicted molar refractivity (Wildman–Crippen MR) is 89.7 cm³/mol. The van der Waals surface area contributed by atoms with Gasteiger partial charge in [-0.15, -0.1) is 0 Å². The minimum absolute atomic E-state index is 0.0310. The maximum atomic E-state index is 12.3. The van der Waals surface area contributed by atoms with Crippen LogP contribution in [-0.4, -0.2) is 43.3 Å². The minimum Gasteiger partial charge on any atom is -0.382 e. The predicted octanol–water partition coefficient (Wildman–Crippen LogP) is 3.30. The normalized spacial score (nSPS) is 15.7. The molecule has 1 saturated carbocycles. The van der Waals surface area contributed by atoms with Crippen LogP contribution < -0.4 is 5.32 Å². The molecule has 1 N–H and O–H groups in total. The Morgan fingerprint density at radius 3 is 2.77 bits per heavy atom. The molecule has 4 heteroatoms. The molecule has 1 aromatic rings. The van der Waals surface area contributed by atoms with E-state index in [0.29, 0.717) is 19.1 Å². The Kier molecular flexibility index (Phi) is 6.46. The molecule has 1 unspecified atom stereocenters. The molecule has 120 valence electrons. The minimum atomic E-state index is 0.0310. The first-order valence-electron chi connectivity index (χ1n) is 7.99. The van der Waals surface area contributed by atoms with Crippen LogP contribution in [0.1, 0.15) is 31.7 Å². The number of amides is 2. The van der Waals surface area contributed by atoms with Crippen molar-refractivity contribution in [2.24, 2.45) is 0 Å². The lowest BCUT2D eigenvalue weighted by atomic mass is 10.2. The van der Waals surface area contributed by atoms with Crippen molar-refractivity contribution < 1.29 is 9.53 Å². The number of urea groups is 1. The largest absolute Gasteiger partial charge is 0.382 e. The number of rotatable bonds is 8. The van der Waals surface area contributed by atoms with E-state index in [4.69, 9.17) is 4.74 Å². The first-order chi connectivity index (χ1) is 10.7. The van der Waals surface area contributed by atoms with Crippen LogP contribution in [0.3, 0.4) is 0 Å². The van der Waals surface area contributed by atoms with Crippen LogP contribution in [0.5, 0.6) is 0 Å². The summed E-state index contributed by atoms with van der Waals surface area (Å²) in [5.74, 6) is 0. The zero-order valence-electron chi connectivity index (χ0n) is 13.5. The van der Waals surface area contributed by atoms with E-state index in [1.165, 1.54) is 0 Å². The molecular weight excluding hydrogens is 276 g/mol. The Labute approximate surface area is 133 Å². The number of nitrogens with one attached hydrogen (secondary N) is 1. The summed E-state index contributed by atoms with van der Waals surface area (Å²) in [5.41, 5.74) is 1.16. The monoisotopic (exact) mass is 302 g/mol. The van der Waals surface area contributed by atoms with Gasteiger partial charge in [-0.05, 0) is 31.7 Å². The highest BCUT2D eigenvalue weighted by atomic mass is 16.5. The van der Waals surface area contributed by atoms with Gasteiger partial charge in [0.1, 0.15) is 0 Å². The van der Waals surface area contributed by atoms with E-state index in [2.05, 4.69) is 29.6 Å². The number of methoxy groups -OCH3 is 1. The Bertz CT molecular complexity index is 483. The number of carbonyl (C=O) groups is 1. The molecule has 0 aliphatic heterocycles. The van der Waals surface area contributed by atoms with Crippen LogP contribution >= 0.6 is 0 Å². The number of nitrogens with zero attached hydrogens (tertiary/aromatic N) is 1. The molecule has 0 saturated heterocycles. The van der Waals surface area contributed by atoms with Crippen molar-refractivity contribution in [2.75, 3.05) is 20.2 Å². The van der Waals surface area contributed by atoms with Gasteiger partial charge in [-0.25, -0.2) is 4.79 Å². The second-order valence-electron chi connectivity index (χ2n) is 5.76. The van der Waals surface area contributed by atoms with Gasteiger partial charge in [0, 0.05) is 26.2 Å². The summed E-state index contributed by atoms with van der Waals surface area (Å²) < 4.78 is 5.19. The van der Waals surface area contributed by atoms with Gasteiger partial charge in [0.05, 0.1) is 6.10 Å². The molecule has 1 aliphatic carbocycles. The molecule has 0 heterocycles. The lowest BCUT2D eigenvalue weighted by Gasteiger charge is -2.21. The van der Waals surface area contributed by atoms with E-state index < -0.39 is 0 Å². The lowest BCUT2D eigenvalue weighted by Crippen LogP contribution is -2.42. The maximum Gasteiger partial charge on any atom is 0.317 e. The fourth-order valence-electron chi connectivity index (χ4n) is 2.25. The van der Waals surface area contributed by atoms with Crippen LogP contribution in [0.4, 0.5) is 4.79 Å². The standard InChI is InChI=1S/C18H26N2O2/c1-15(22-2)12-13-19-18(21)20(17-10-11-17)14-6-9-16-7-4-3-5-8-16/h3-9,15,17H,10-14H2,1-2H3,(H,19,21). The van der Waals surface area contributed by atoms with Gasteiger partial charge >= 0.3 is 6.03 Å². The fourth-order valence-corrected chi connectivity index (χ4v) is 2.25. The van der Waals surface area contributed by atoms with E-state index in [1.54, 1.807) is 7.11 Å². The quantitative estimate of drug-likeness (QED) is 0.800. The van der Waals surface area contributed by atoms with Gasteiger partial charge in [-0.2, -0.15) is 0 Å². The Morgan fingerprint density at radius 1 is 1.41 bits per heavy atom. The average Bonchev–Trinajstić information content (AvgIpc) is 3.37. The van der Waals surface area contributed by atoms with Gasteiger partial charge in [0.2, 0.25) is 0 Å². The third-order valence-electron chi connectivity index (χ3n) is 3.89. The van der Waals surface area contributed by atoms with Crippen molar-refractivity contribution in [3.05, 3.63) is 42.0 Å². The topological polar surface area (TPSA) is 41.6 Å². The molecule has 2 amide bonds. The molecular formula is C18H26N2O2. The van der Waals surface area contributed by atoms with Gasteiger partial charge in [0.15, 0.2) is 0 Å². The molecule has 2 rings (SSSR count). The first-order valence-corrected chi connectivity index (χ1v) is 7.99. The third-order valence-corrected chi connectivity index (χ3v) is 3.89. The van der Waals surface area contributed by atoms with Crippen molar-refractivity contribution in [1.82, 2.24) is 10.2 Å². The van der Waals surface area contributed by atoms with Gasteiger partial charge in [-0.3, -0.25) is 0 Å². The second-order valence-corrected chi connectivity index (χ2v) is 5.76. The smallest absolute Gasteiger partial charge is 0.317 e. The average molecular weight is 302 g/mol. The Morgan fingerprint density at radius 2 is 2.14 bits per heavy atom. The number of hydrogen-bond donors (Lipinski definition) is 1. The molecule has 4 nitrogen and oxygen atoms in total. The fraction of sp³-hybridized carbons (Fsp3) is 0.500. The summed E-state index contributed by atoms with van der Waals surface area (Å²) >= 11 is 0. The molecule has 1 aliphatic rings. The number of benzene rings is 1. The third kappa shape index (κ3) is 5.53. The van der Waals surface area contributed by atoms with Crippen LogP contribution in [-0.2, 0) is 4.74 Å². The summed E-state index contributed by atoms with van der Waals surface area (Å²) in [6.07, 6.45) is 7.36. The van der Waals surface area contributed by atoms with Gasteiger partial charge in [0.25, 0.3) is 0 Å². The summed E-state index contributed by atoms with van der Waals surface area (Å²) in [5, 5.41) is 2.99. The molecule has 0 bridgehead atoms. The Balaban J connectivity index is 1.79. The summed E-state index contributed by atoms with van der Waals surface area (Å²) in [4.78, 5) is 14.2. The number of hydrogen-bond acceptors (Lipinski definition) is 2. The van der Waals surface area contributed by atoms with Crippen molar-refractivity contribution in [2.45, 2.75) is 38.3 Å². The molecule has 22 heavy (non-hydrogen) atoms. The van der Waals surface area contributed by atoms with Gasteiger partial charge in [-0.1, -0.05) is 42.5 Å². The molecule has 0 radical (unpaired) electrons. The van der Waals surface area contributed by atoms with E-state index >= 15 is 0 Å². The highest BCUT2D eigenvalue weighted by molar-refractivity contribution is 5.75. The lowest BCUT2D eigenvalue weighted by molar-refractivity contribution is 0.110. The summed E-state index contributed by atoms with van der Waals surface area (Å²) in [7, 11) is 1.69. The molecule has 0 aromatic heterocycles. The number of carbonyl (C=O) groups excluding carboxylic acids is 1. The summed E-state index contributed by atoms with van der Waals surface area (Å²) in [6, 6.07) is 10.6. The molecule has 1 aromatic carbocycles. The van der Waals surface area contributed by atoms with E-state index in [9.17, 15) is 4.79 Å². The highest BCUT2D eigenvalue weighted by Crippen LogP contribution is 2.26. The summed E-state index contributed by atoms with van der Waals surface area (Å²) in [6.45, 7) is 3.32. The van der Waals surface area contributed by atoms with E-state index in [0.717, 1.165) is 24.8 Å². The maximum absolute atomic E-state index is 12.3. The van der Waals surface area contributed by atoms with Crippen molar-refractivity contribution in [3.8, 4) is 0 Å². The zero-order chi connectivity index (χ0) is 15.8. The highest BCUT2D eigenvalue weighted by Gasteiger charge is 2.31. The first kappa shape index (κ1) is 16.6. The van der Waals surface area contributed by atoms with Crippen molar-refractivity contribution in [1.29, 1.82) is 0 Å².